The molecule has 44 valence electrons. The third-order valence-electron chi connectivity index (χ3n) is 0.592. The van der Waals surface area contributed by atoms with Crippen LogP contribution in [-0.4, -0.2) is 19.9 Å². The first kappa shape index (κ1) is 1.80. The molecule has 0 saturated heterocycles. The van der Waals surface area contributed by atoms with Crippen molar-refractivity contribution in [3.05, 3.63) is 12.2 Å². The summed E-state index contributed by atoms with van der Waals surface area (Å²) in [6.45, 7) is -5.22. The zero-order chi connectivity index (χ0) is 10.3. The van der Waals surface area contributed by atoms with Gasteiger partial charge in [0.2, 0.25) is 0 Å². The van der Waals surface area contributed by atoms with Gasteiger partial charge in [-0.2, -0.15) is 5.10 Å². The molecule has 0 unspecified atom stereocenters. The van der Waals surface area contributed by atoms with E-state index in [1.54, 1.807) is 0 Å². The number of hydrogen-bond donors (Lipinski definition) is 1. The summed E-state index contributed by atoms with van der Waals surface area (Å²) in [5, 5.41) is 12.1. The molecule has 0 aliphatic heterocycles. The number of aryl methyl sites for hydroxylation is 1. The van der Waals surface area contributed by atoms with Crippen molar-refractivity contribution in [2.45, 2.75) is 6.56 Å². The molecule has 1 aromatic heterocycles. The lowest BCUT2D eigenvalue weighted by atomic mass is 10.7. The van der Waals surface area contributed by atoms with Crippen LogP contribution >= 0.6 is 0 Å². The first-order valence-corrected chi connectivity index (χ1v) is 1.86. The molecule has 8 heavy (non-hydrogen) atoms. The van der Waals surface area contributed by atoms with Gasteiger partial charge >= 0.3 is 0 Å². The summed E-state index contributed by atoms with van der Waals surface area (Å²) in [6, 6.07) is 0. The van der Waals surface area contributed by atoms with Gasteiger partial charge in [-0.3, -0.25) is 4.68 Å². The Hall–Kier alpha value is -0.900. The lowest BCUT2D eigenvalue weighted by molar-refractivity contribution is 0.271. The number of aromatic nitrogens is 3. The second-order valence-corrected chi connectivity index (χ2v) is 1.12. The Morgan fingerprint density at radius 2 is 3.12 bits per heavy atom. The lowest BCUT2D eigenvalue weighted by Gasteiger charge is -1.80. The fourth-order valence-corrected chi connectivity index (χ4v) is 0.314. The van der Waals surface area contributed by atoms with Crippen LogP contribution in [-0.2, 0) is 13.5 Å². The molecule has 4 heteroatoms. The second kappa shape index (κ2) is 1.92. The quantitative estimate of drug-likeness (QED) is 0.531. The van der Waals surface area contributed by atoms with E-state index in [2.05, 4.69) is 10.1 Å². The van der Waals surface area contributed by atoms with E-state index in [4.69, 9.17) is 12.0 Å². The van der Waals surface area contributed by atoms with Gasteiger partial charge in [-0.1, -0.05) is 0 Å². The first-order valence-electron chi connectivity index (χ1n) is 4.36. The Kier molecular flexibility index (Phi) is 0.432. The van der Waals surface area contributed by atoms with Crippen molar-refractivity contribution in [2.75, 3.05) is 0 Å². The molecule has 0 bridgehead atoms. The molecule has 0 spiro atoms. The molecule has 1 aromatic rings. The number of rotatable bonds is 1. The van der Waals surface area contributed by atoms with Crippen LogP contribution in [0.15, 0.2) is 6.33 Å². The first-order chi connectivity index (χ1) is 5.71. The van der Waals surface area contributed by atoms with Gasteiger partial charge < -0.3 is 5.11 Å². The summed E-state index contributed by atoms with van der Waals surface area (Å²) in [4.78, 5) is 3.32. The predicted molar refractivity (Wildman–Crippen MR) is 26.9 cm³/mol. The van der Waals surface area contributed by atoms with E-state index >= 15 is 0 Å². The highest BCUT2D eigenvalue weighted by molar-refractivity contribution is 4.75. The highest BCUT2D eigenvalue weighted by Gasteiger charge is 1.91. The lowest BCUT2D eigenvalue weighted by Crippen LogP contribution is -1.90. The van der Waals surface area contributed by atoms with E-state index < -0.39 is 19.4 Å². The maximum absolute atomic E-state index is 8.78. The van der Waals surface area contributed by atoms with Crippen LogP contribution in [0.1, 0.15) is 12.7 Å². The van der Waals surface area contributed by atoms with Crippen molar-refractivity contribution < 1.29 is 12.0 Å². The normalized spacial score (nSPS) is 22.4. The Labute approximate surface area is 53.8 Å². The van der Waals surface area contributed by atoms with Crippen LogP contribution in [0.25, 0.3) is 0 Å². The molecule has 0 aromatic carbocycles. The molecular formula is C4H7N3O. The number of nitrogens with zero attached hydrogens (tertiary/aromatic N) is 3. The average molecular weight is 118 g/mol. The second-order valence-electron chi connectivity index (χ2n) is 1.12. The molecule has 0 atom stereocenters. The van der Waals surface area contributed by atoms with Crippen molar-refractivity contribution in [1.29, 1.82) is 0 Å². The molecule has 0 saturated carbocycles. The van der Waals surface area contributed by atoms with Crippen LogP contribution in [0.3, 0.4) is 0 Å². The molecule has 0 aliphatic carbocycles. The van der Waals surface area contributed by atoms with Crippen molar-refractivity contribution in [2.24, 2.45) is 6.98 Å². The van der Waals surface area contributed by atoms with E-state index in [0.717, 1.165) is 6.33 Å². The summed E-state index contributed by atoms with van der Waals surface area (Å²) < 4.78 is 34.7. The monoisotopic (exact) mass is 118 g/mol. The predicted octanol–water partition coefficient (Wildman–Crippen LogP) is -0.693. The molecular weight excluding hydrogens is 106 g/mol. The van der Waals surface area contributed by atoms with Crippen LogP contribution < -0.4 is 0 Å². The maximum Gasteiger partial charge on any atom is 0.175 e. The van der Waals surface area contributed by atoms with E-state index in [0.29, 0.717) is 4.68 Å². The van der Waals surface area contributed by atoms with Crippen molar-refractivity contribution in [1.82, 2.24) is 14.8 Å². The smallest absolute Gasteiger partial charge is 0.175 e. The van der Waals surface area contributed by atoms with Gasteiger partial charge in [-0.05, 0) is 0 Å². The molecule has 0 fully saturated rings. The van der Waals surface area contributed by atoms with Gasteiger partial charge in [0.1, 0.15) is 12.9 Å². The highest BCUT2D eigenvalue weighted by Crippen LogP contribution is 1.83. The summed E-state index contributed by atoms with van der Waals surface area (Å²) in [6.07, 6.45) is 0.844. The van der Waals surface area contributed by atoms with E-state index in [1.807, 2.05) is 0 Å². The molecule has 4 nitrogen and oxygen atoms in total. The molecule has 0 amide bonds. The zero-order valence-corrected chi connectivity index (χ0v) is 3.87. The molecule has 1 heterocycles. The Morgan fingerprint density at radius 1 is 2.25 bits per heavy atom. The third kappa shape index (κ3) is 0.840. The minimum Gasteiger partial charge on any atom is -0.388 e. The Morgan fingerprint density at radius 3 is 3.50 bits per heavy atom. The van der Waals surface area contributed by atoms with Gasteiger partial charge in [0, 0.05) is 11.1 Å². The van der Waals surface area contributed by atoms with Gasteiger partial charge in [0.15, 0.2) is 5.82 Å². The van der Waals surface area contributed by atoms with Crippen molar-refractivity contribution >= 4 is 0 Å². The van der Waals surface area contributed by atoms with Gasteiger partial charge in [-0.25, -0.2) is 4.98 Å². The minimum atomic E-state index is -2.71. The van der Waals surface area contributed by atoms with Crippen LogP contribution in [0.5, 0.6) is 0 Å². The van der Waals surface area contributed by atoms with E-state index in [-0.39, 0.29) is 0 Å². The van der Waals surface area contributed by atoms with E-state index in [1.165, 1.54) is 0 Å². The minimum absolute atomic E-state index is 0.510. The van der Waals surface area contributed by atoms with Gasteiger partial charge in [0.25, 0.3) is 0 Å². The van der Waals surface area contributed by atoms with Gasteiger partial charge in [-0.15, -0.1) is 0 Å². The zero-order valence-electron chi connectivity index (χ0n) is 8.87. The van der Waals surface area contributed by atoms with Crippen molar-refractivity contribution in [3.63, 3.8) is 0 Å². The van der Waals surface area contributed by atoms with Crippen LogP contribution in [0.2, 0.25) is 0 Å². The summed E-state index contributed by atoms with van der Waals surface area (Å²) in [7, 11) is 0. The summed E-state index contributed by atoms with van der Waals surface area (Å²) >= 11 is 0. The SMILES string of the molecule is [2H]C([2H])(O)c1ncn(C([2H])([2H])[2H])n1. The molecule has 0 aliphatic rings. The van der Waals surface area contributed by atoms with Crippen LogP contribution in [0, 0.1) is 0 Å². The Bertz CT molecular complexity index is 271. The van der Waals surface area contributed by atoms with E-state index in [9.17, 15) is 0 Å². The summed E-state index contributed by atoms with van der Waals surface area (Å²) in [5.74, 6) is -0.566. The average Bonchev–Trinajstić information content (AvgIpc) is 2.28. The molecule has 0 radical (unpaired) electrons. The standard InChI is InChI=1S/C4H7N3O/c1-7-3-5-4(2-8)6-7/h3,8H,2H2,1H3/i1D3,2D2. The Balaban J connectivity index is 3.01. The van der Waals surface area contributed by atoms with Crippen LogP contribution in [0.4, 0.5) is 0 Å². The highest BCUT2D eigenvalue weighted by atomic mass is 16.3. The van der Waals surface area contributed by atoms with Gasteiger partial charge in [0.05, 0.1) is 2.74 Å². The summed E-state index contributed by atoms with van der Waals surface area (Å²) in [5.41, 5.74) is 0. The largest absolute Gasteiger partial charge is 0.388 e. The number of aliphatic hydroxyl groups is 1. The molecule has 1 rings (SSSR count). The van der Waals surface area contributed by atoms with Crippen molar-refractivity contribution in [3.8, 4) is 0 Å². The number of hydrogen-bond acceptors (Lipinski definition) is 3. The fraction of sp³-hybridized carbons (Fsp3) is 0.500. The third-order valence-corrected chi connectivity index (χ3v) is 0.592. The molecule has 1 N–H and O–H groups in total. The maximum atomic E-state index is 8.78. The topological polar surface area (TPSA) is 50.9 Å². The fourth-order valence-electron chi connectivity index (χ4n) is 0.314.